The lowest BCUT2D eigenvalue weighted by Crippen LogP contribution is -2.39. The number of rotatable bonds is 22. The summed E-state index contributed by atoms with van der Waals surface area (Å²) >= 11 is 0. The van der Waals surface area contributed by atoms with Crippen LogP contribution in [0.15, 0.2) is 34.9 Å². The molecule has 2 N–H and O–H groups in total. The normalized spacial score (nSPS) is 23.6. The Labute approximate surface area is 247 Å². The third-order valence-corrected chi connectivity index (χ3v) is 9.13. The van der Waals surface area contributed by atoms with E-state index in [9.17, 15) is 9.90 Å². The second-order valence-corrected chi connectivity index (χ2v) is 13.0. The van der Waals surface area contributed by atoms with Crippen molar-refractivity contribution in [3.8, 4) is 0 Å². The minimum atomic E-state index is -0.704. The predicted octanol–water partition coefficient (Wildman–Crippen LogP) is 10.1. The van der Waals surface area contributed by atoms with Crippen LogP contribution in [0.1, 0.15) is 145 Å². The van der Waals surface area contributed by atoms with Crippen molar-refractivity contribution in [3.63, 3.8) is 0 Å². The highest BCUT2D eigenvalue weighted by molar-refractivity contribution is 5.69. The van der Waals surface area contributed by atoms with Crippen LogP contribution in [0.2, 0.25) is 0 Å². The molecule has 0 spiro atoms. The van der Waals surface area contributed by atoms with Gasteiger partial charge in [-0.2, -0.15) is 0 Å². The zero-order valence-electron chi connectivity index (χ0n) is 27.2. The molecule has 6 unspecified atom stereocenters. The van der Waals surface area contributed by atoms with Crippen LogP contribution in [0.5, 0.6) is 0 Å². The Morgan fingerprint density at radius 3 is 2.25 bits per heavy atom. The number of allylic oxidation sites excluding steroid dienone is 4. The van der Waals surface area contributed by atoms with E-state index in [1.165, 1.54) is 61.7 Å². The first-order valence-electron chi connectivity index (χ1n) is 16.6. The van der Waals surface area contributed by atoms with Gasteiger partial charge in [0.1, 0.15) is 0 Å². The van der Waals surface area contributed by atoms with Gasteiger partial charge in [0.15, 0.2) is 0 Å². The van der Waals surface area contributed by atoms with Crippen LogP contribution in [0.25, 0.3) is 0 Å². The highest BCUT2D eigenvalue weighted by atomic mass is 16.5. The summed E-state index contributed by atoms with van der Waals surface area (Å²) in [5.41, 5.74) is 4.16. The number of aliphatic hydroxyl groups is 1. The Morgan fingerprint density at radius 1 is 0.900 bits per heavy atom. The fourth-order valence-corrected chi connectivity index (χ4v) is 5.71. The summed E-state index contributed by atoms with van der Waals surface area (Å²) < 4.78 is 6.46. The third kappa shape index (κ3) is 15.6. The topological polar surface area (TPSA) is 66.8 Å². The van der Waals surface area contributed by atoms with Crippen molar-refractivity contribution in [1.29, 1.82) is 0 Å². The minimum Gasteiger partial charge on any atom is -0.481 e. The lowest BCUT2D eigenvalue weighted by molar-refractivity contribution is -0.141. The van der Waals surface area contributed by atoms with Crippen molar-refractivity contribution >= 4 is 5.97 Å². The zero-order valence-corrected chi connectivity index (χ0v) is 27.2. The molecule has 0 aromatic rings. The molecule has 1 aliphatic carbocycles. The van der Waals surface area contributed by atoms with Gasteiger partial charge in [-0.05, 0) is 95.0 Å². The van der Waals surface area contributed by atoms with Gasteiger partial charge in [0.2, 0.25) is 0 Å². The summed E-state index contributed by atoms with van der Waals surface area (Å²) in [5, 5.41) is 19.6. The first-order valence-corrected chi connectivity index (χ1v) is 16.6. The number of carboxylic acids is 1. The van der Waals surface area contributed by atoms with Gasteiger partial charge in [-0.3, -0.25) is 4.79 Å². The quantitative estimate of drug-likeness (QED) is 0.102. The Morgan fingerprint density at radius 2 is 1.55 bits per heavy atom. The van der Waals surface area contributed by atoms with Crippen LogP contribution < -0.4 is 0 Å². The maximum atomic E-state index is 10.9. The van der Waals surface area contributed by atoms with Crippen LogP contribution in [-0.2, 0) is 9.53 Å². The summed E-state index contributed by atoms with van der Waals surface area (Å²) in [6, 6.07) is 0. The Hall–Kier alpha value is -1.39. The molecule has 0 fully saturated rings. The van der Waals surface area contributed by atoms with Gasteiger partial charge < -0.3 is 14.9 Å². The van der Waals surface area contributed by atoms with Crippen LogP contribution in [0.4, 0.5) is 0 Å². The molecule has 0 saturated heterocycles. The van der Waals surface area contributed by atoms with Gasteiger partial charge in [0.25, 0.3) is 0 Å². The first kappa shape index (κ1) is 36.6. The number of carboxylic acid groups (broad SMARTS) is 1. The van der Waals surface area contributed by atoms with Gasteiger partial charge in [-0.15, -0.1) is 0 Å². The maximum absolute atomic E-state index is 10.9. The standard InChI is InChI=1S/C36H64O4/c1-8-9-10-11-12-13-25-40-35-32(7)31(6)34(37)26-33(35)24-23-29(4)20-15-19-27(2)17-14-18-28(3)21-16-22-30(5)36(38)39/h17,21,26,29-32,34-35,37H,8-16,18-20,22-25H2,1-7H3,(H,38,39). The van der Waals surface area contributed by atoms with Crippen molar-refractivity contribution < 1.29 is 19.7 Å². The van der Waals surface area contributed by atoms with Gasteiger partial charge in [0.05, 0.1) is 18.1 Å². The molecule has 0 radical (unpaired) electrons. The van der Waals surface area contributed by atoms with Crippen molar-refractivity contribution in [2.75, 3.05) is 6.61 Å². The molecule has 0 bridgehead atoms. The fourth-order valence-electron chi connectivity index (χ4n) is 5.71. The number of hydrogen-bond acceptors (Lipinski definition) is 3. The average molecular weight is 561 g/mol. The van der Waals surface area contributed by atoms with Gasteiger partial charge in [-0.1, -0.05) is 103 Å². The Kier molecular flexibility index (Phi) is 19.5. The number of aliphatic carboxylic acids is 1. The van der Waals surface area contributed by atoms with E-state index in [4.69, 9.17) is 9.84 Å². The van der Waals surface area contributed by atoms with Crippen LogP contribution in [-0.4, -0.2) is 35.0 Å². The monoisotopic (exact) mass is 560 g/mol. The highest BCUT2D eigenvalue weighted by Crippen LogP contribution is 2.35. The first-order chi connectivity index (χ1) is 19.1. The van der Waals surface area contributed by atoms with Crippen molar-refractivity contribution in [2.45, 2.75) is 157 Å². The van der Waals surface area contributed by atoms with Crippen LogP contribution >= 0.6 is 0 Å². The Bertz CT molecular complexity index is 780. The molecular formula is C36H64O4. The largest absolute Gasteiger partial charge is 0.481 e. The van der Waals surface area contributed by atoms with Crippen LogP contribution in [0, 0.1) is 23.7 Å². The summed E-state index contributed by atoms with van der Waals surface area (Å²) in [6.45, 7) is 16.1. The SMILES string of the molecule is CCCCCCCCOC1C(CCC(C)CCCC(C)=CCCC(C)=CCCC(C)C(=O)O)=CC(O)C(C)C1C. The fraction of sp³-hybridized carbons (Fsp3) is 0.806. The smallest absolute Gasteiger partial charge is 0.306 e. The summed E-state index contributed by atoms with van der Waals surface area (Å²) in [6.07, 6.45) is 23.6. The summed E-state index contributed by atoms with van der Waals surface area (Å²) in [7, 11) is 0. The summed E-state index contributed by atoms with van der Waals surface area (Å²) in [5.74, 6) is 0.287. The number of aliphatic hydroxyl groups excluding tert-OH is 1. The maximum Gasteiger partial charge on any atom is 0.306 e. The molecule has 0 amide bonds. The molecule has 0 aliphatic heterocycles. The van der Waals surface area contributed by atoms with Crippen LogP contribution in [0.3, 0.4) is 0 Å². The minimum absolute atomic E-state index is 0.157. The molecule has 232 valence electrons. The van der Waals surface area contributed by atoms with Crippen molar-refractivity contribution in [2.24, 2.45) is 23.7 Å². The Balaban J connectivity index is 2.38. The van der Waals surface area contributed by atoms with E-state index in [1.54, 1.807) is 6.92 Å². The van der Waals surface area contributed by atoms with E-state index in [1.807, 2.05) is 0 Å². The van der Waals surface area contributed by atoms with E-state index in [2.05, 4.69) is 59.8 Å². The number of hydrogen-bond donors (Lipinski definition) is 2. The molecule has 40 heavy (non-hydrogen) atoms. The molecule has 0 heterocycles. The van der Waals surface area contributed by atoms with Gasteiger partial charge in [-0.25, -0.2) is 0 Å². The van der Waals surface area contributed by atoms with E-state index >= 15 is 0 Å². The third-order valence-electron chi connectivity index (χ3n) is 9.13. The molecule has 0 saturated carbocycles. The molecule has 1 aliphatic rings. The van der Waals surface area contributed by atoms with Crippen molar-refractivity contribution in [3.05, 3.63) is 34.9 Å². The number of carbonyl (C=O) groups is 1. The van der Waals surface area contributed by atoms with E-state index in [-0.39, 0.29) is 24.0 Å². The molecule has 6 atom stereocenters. The number of ether oxygens (including phenoxy) is 1. The second kappa shape index (κ2) is 21.3. The van der Waals surface area contributed by atoms with E-state index in [0.717, 1.165) is 51.6 Å². The van der Waals surface area contributed by atoms with Gasteiger partial charge in [0, 0.05) is 6.61 Å². The predicted molar refractivity (Wildman–Crippen MR) is 171 cm³/mol. The van der Waals surface area contributed by atoms with Gasteiger partial charge >= 0.3 is 5.97 Å². The molecule has 4 heteroatoms. The molecular weight excluding hydrogens is 496 g/mol. The molecule has 0 aromatic heterocycles. The number of unbranched alkanes of at least 4 members (excludes halogenated alkanes) is 5. The second-order valence-electron chi connectivity index (χ2n) is 13.0. The lowest BCUT2D eigenvalue weighted by Gasteiger charge is -2.38. The summed E-state index contributed by atoms with van der Waals surface area (Å²) in [4.78, 5) is 10.9. The van der Waals surface area contributed by atoms with E-state index in [0.29, 0.717) is 18.3 Å². The van der Waals surface area contributed by atoms with E-state index < -0.39 is 5.97 Å². The molecule has 4 nitrogen and oxygen atoms in total. The molecule has 0 aromatic carbocycles. The average Bonchev–Trinajstić information content (AvgIpc) is 2.91. The highest BCUT2D eigenvalue weighted by Gasteiger charge is 2.34. The van der Waals surface area contributed by atoms with Crippen molar-refractivity contribution in [1.82, 2.24) is 0 Å². The molecule has 1 rings (SSSR count). The lowest BCUT2D eigenvalue weighted by atomic mass is 9.76. The zero-order chi connectivity index (χ0) is 29.9.